The first-order valence-corrected chi connectivity index (χ1v) is 5.90. The molecular weight excluding hydrogens is 248 g/mol. The number of rotatable bonds is 5. The van der Waals surface area contributed by atoms with Crippen molar-refractivity contribution in [1.82, 2.24) is 5.32 Å². The van der Waals surface area contributed by atoms with Crippen LogP contribution in [-0.4, -0.2) is 34.2 Å². The van der Waals surface area contributed by atoms with E-state index in [-0.39, 0.29) is 22.9 Å². The summed E-state index contributed by atoms with van der Waals surface area (Å²) in [5.41, 5.74) is -0.815. The number of phenols is 1. The maximum atomic E-state index is 12.1. The van der Waals surface area contributed by atoms with E-state index < -0.39 is 11.5 Å². The van der Waals surface area contributed by atoms with E-state index in [2.05, 4.69) is 10.6 Å². The maximum Gasteiger partial charge on any atom is 0.337 e. The number of amides is 1. The average Bonchev–Trinajstić information content (AvgIpc) is 2.30. The molecular formula is C13H18N2O4. The molecule has 0 unspecified atom stereocenters. The zero-order valence-electron chi connectivity index (χ0n) is 11.2. The summed E-state index contributed by atoms with van der Waals surface area (Å²) < 4.78 is 0. The summed E-state index contributed by atoms with van der Waals surface area (Å²) in [4.78, 5) is 23.1. The molecule has 0 spiro atoms. The largest absolute Gasteiger partial charge is 0.508 e. The molecule has 0 aliphatic rings. The molecule has 1 amide bonds. The Morgan fingerprint density at radius 1 is 1.32 bits per heavy atom. The highest BCUT2D eigenvalue weighted by atomic mass is 16.4. The van der Waals surface area contributed by atoms with E-state index in [0.29, 0.717) is 6.54 Å². The lowest BCUT2D eigenvalue weighted by Gasteiger charge is -2.24. The molecule has 0 aliphatic carbocycles. The first kappa shape index (κ1) is 15.0. The number of anilines is 1. The van der Waals surface area contributed by atoms with Crippen molar-refractivity contribution in [1.29, 1.82) is 0 Å². The van der Waals surface area contributed by atoms with Crippen molar-refractivity contribution in [3.63, 3.8) is 0 Å². The normalized spacial score (nSPS) is 11.1. The monoisotopic (exact) mass is 266 g/mol. The van der Waals surface area contributed by atoms with Crippen molar-refractivity contribution in [3.8, 4) is 5.75 Å². The van der Waals surface area contributed by atoms with E-state index in [1.54, 1.807) is 13.8 Å². The second-order valence-corrected chi connectivity index (χ2v) is 4.64. The molecule has 1 aromatic carbocycles. The second kappa shape index (κ2) is 5.71. The molecule has 6 nitrogen and oxygen atoms in total. The van der Waals surface area contributed by atoms with Crippen LogP contribution >= 0.6 is 0 Å². The van der Waals surface area contributed by atoms with Crippen LogP contribution in [0.15, 0.2) is 18.2 Å². The minimum Gasteiger partial charge on any atom is -0.508 e. The third kappa shape index (κ3) is 3.69. The summed E-state index contributed by atoms with van der Waals surface area (Å²) in [6, 6.07) is 3.78. The minimum absolute atomic E-state index is 0.152. The van der Waals surface area contributed by atoms with Crippen molar-refractivity contribution in [2.75, 3.05) is 11.9 Å². The molecule has 0 saturated heterocycles. The van der Waals surface area contributed by atoms with Crippen LogP contribution in [0.4, 0.5) is 5.69 Å². The molecule has 0 fully saturated rings. The van der Waals surface area contributed by atoms with Crippen LogP contribution in [-0.2, 0) is 4.79 Å². The van der Waals surface area contributed by atoms with Gasteiger partial charge in [0.1, 0.15) is 5.75 Å². The van der Waals surface area contributed by atoms with Crippen molar-refractivity contribution in [2.24, 2.45) is 0 Å². The molecule has 6 heteroatoms. The molecule has 0 saturated carbocycles. The molecule has 0 aromatic heterocycles. The Kier molecular flexibility index (Phi) is 4.50. The van der Waals surface area contributed by atoms with Crippen LogP contribution in [0, 0.1) is 0 Å². The number of benzene rings is 1. The van der Waals surface area contributed by atoms with Crippen LogP contribution in [0.1, 0.15) is 31.1 Å². The zero-order chi connectivity index (χ0) is 14.6. The highest BCUT2D eigenvalue weighted by molar-refractivity contribution is 6.03. The second-order valence-electron chi connectivity index (χ2n) is 4.64. The number of nitrogens with one attached hydrogen (secondary N) is 2. The number of hydrogen-bond acceptors (Lipinski definition) is 4. The third-order valence-corrected chi connectivity index (χ3v) is 2.67. The SMILES string of the molecule is CCNC(C)(C)C(=O)Nc1ccc(O)cc1C(=O)O. The zero-order valence-corrected chi connectivity index (χ0v) is 11.2. The number of carbonyl (C=O) groups excluding carboxylic acids is 1. The summed E-state index contributed by atoms with van der Waals surface area (Å²) in [6.07, 6.45) is 0. The van der Waals surface area contributed by atoms with E-state index in [1.807, 2.05) is 6.92 Å². The molecule has 104 valence electrons. The fourth-order valence-corrected chi connectivity index (χ4v) is 1.62. The van der Waals surface area contributed by atoms with Gasteiger partial charge in [-0.05, 0) is 38.6 Å². The van der Waals surface area contributed by atoms with Crippen molar-refractivity contribution >= 4 is 17.6 Å². The van der Waals surface area contributed by atoms with Gasteiger partial charge in [0.2, 0.25) is 5.91 Å². The first-order chi connectivity index (χ1) is 8.77. The summed E-state index contributed by atoms with van der Waals surface area (Å²) in [7, 11) is 0. The van der Waals surface area contributed by atoms with Gasteiger partial charge in [0.15, 0.2) is 0 Å². The molecule has 1 aromatic rings. The van der Waals surface area contributed by atoms with Gasteiger partial charge in [-0.2, -0.15) is 0 Å². The Balaban J connectivity index is 3.00. The van der Waals surface area contributed by atoms with Gasteiger partial charge >= 0.3 is 5.97 Å². The summed E-state index contributed by atoms with van der Waals surface area (Å²) >= 11 is 0. The van der Waals surface area contributed by atoms with E-state index in [4.69, 9.17) is 5.11 Å². The average molecular weight is 266 g/mol. The van der Waals surface area contributed by atoms with Crippen LogP contribution in [0.5, 0.6) is 5.75 Å². The number of carboxylic acids is 1. The number of phenolic OH excluding ortho intramolecular Hbond substituents is 1. The smallest absolute Gasteiger partial charge is 0.337 e. The molecule has 4 N–H and O–H groups in total. The van der Waals surface area contributed by atoms with Crippen molar-refractivity contribution in [3.05, 3.63) is 23.8 Å². The molecule has 19 heavy (non-hydrogen) atoms. The van der Waals surface area contributed by atoms with Crippen LogP contribution in [0.25, 0.3) is 0 Å². The lowest BCUT2D eigenvalue weighted by atomic mass is 10.0. The van der Waals surface area contributed by atoms with E-state index in [1.165, 1.54) is 12.1 Å². The van der Waals surface area contributed by atoms with E-state index in [0.717, 1.165) is 6.07 Å². The van der Waals surface area contributed by atoms with Gasteiger partial charge in [-0.3, -0.25) is 4.79 Å². The fraction of sp³-hybridized carbons (Fsp3) is 0.385. The van der Waals surface area contributed by atoms with Crippen LogP contribution in [0.2, 0.25) is 0 Å². The maximum absolute atomic E-state index is 12.1. The Bertz CT molecular complexity index is 497. The number of aromatic carboxylic acids is 1. The predicted octanol–water partition coefficient (Wildman–Crippen LogP) is 1.42. The van der Waals surface area contributed by atoms with Gasteiger partial charge < -0.3 is 20.8 Å². The Hall–Kier alpha value is -2.08. The van der Waals surface area contributed by atoms with E-state index in [9.17, 15) is 14.7 Å². The minimum atomic E-state index is -1.22. The summed E-state index contributed by atoms with van der Waals surface area (Å²) in [6.45, 7) is 5.89. The van der Waals surface area contributed by atoms with Gasteiger partial charge in [0.25, 0.3) is 0 Å². The molecule has 0 radical (unpaired) electrons. The fourth-order valence-electron chi connectivity index (χ4n) is 1.62. The Morgan fingerprint density at radius 2 is 1.95 bits per heavy atom. The van der Waals surface area contributed by atoms with Crippen molar-refractivity contribution < 1.29 is 19.8 Å². The number of aromatic hydroxyl groups is 1. The first-order valence-electron chi connectivity index (χ1n) is 5.90. The number of hydrogen-bond donors (Lipinski definition) is 4. The van der Waals surface area contributed by atoms with Crippen LogP contribution in [0.3, 0.4) is 0 Å². The Labute approximate surface area is 111 Å². The van der Waals surface area contributed by atoms with Gasteiger partial charge in [-0.1, -0.05) is 6.92 Å². The number of carbonyl (C=O) groups is 2. The molecule has 0 atom stereocenters. The molecule has 0 bridgehead atoms. The molecule has 0 heterocycles. The van der Waals surface area contributed by atoms with Gasteiger partial charge in [0, 0.05) is 0 Å². The predicted molar refractivity (Wildman–Crippen MR) is 71.5 cm³/mol. The van der Waals surface area contributed by atoms with Crippen LogP contribution < -0.4 is 10.6 Å². The number of likely N-dealkylation sites (N-methyl/N-ethyl adjacent to an activating group) is 1. The standard InChI is InChI=1S/C13H18N2O4/c1-4-14-13(2,3)12(19)15-10-6-5-8(16)7-9(10)11(17)18/h5-7,14,16H,4H2,1-3H3,(H,15,19)(H,17,18). The Morgan fingerprint density at radius 3 is 2.47 bits per heavy atom. The highest BCUT2D eigenvalue weighted by Crippen LogP contribution is 2.22. The quantitative estimate of drug-likeness (QED) is 0.604. The number of carboxylic acid groups (broad SMARTS) is 1. The molecule has 0 aliphatic heterocycles. The molecule has 1 rings (SSSR count). The summed E-state index contributed by atoms with van der Waals surface area (Å²) in [5, 5.41) is 23.9. The topological polar surface area (TPSA) is 98.7 Å². The highest BCUT2D eigenvalue weighted by Gasteiger charge is 2.27. The lowest BCUT2D eigenvalue weighted by Crippen LogP contribution is -2.49. The van der Waals surface area contributed by atoms with Gasteiger partial charge in [0.05, 0.1) is 16.8 Å². The summed E-state index contributed by atoms with van der Waals surface area (Å²) in [5.74, 6) is -1.73. The van der Waals surface area contributed by atoms with Crippen molar-refractivity contribution in [2.45, 2.75) is 26.3 Å². The van der Waals surface area contributed by atoms with Gasteiger partial charge in [-0.15, -0.1) is 0 Å². The lowest BCUT2D eigenvalue weighted by molar-refractivity contribution is -0.121. The van der Waals surface area contributed by atoms with E-state index >= 15 is 0 Å². The third-order valence-electron chi connectivity index (χ3n) is 2.67. The van der Waals surface area contributed by atoms with Gasteiger partial charge in [-0.25, -0.2) is 4.79 Å².